The number of benzene rings is 2. The number of rotatable bonds is 4. The Hall–Kier alpha value is -1.91. The third-order valence-electron chi connectivity index (χ3n) is 4.01. The average Bonchev–Trinajstić information content (AvgIpc) is 2.45. The summed E-state index contributed by atoms with van der Waals surface area (Å²) in [6, 6.07) is 13.2. The van der Waals surface area contributed by atoms with Crippen molar-refractivity contribution in [2.75, 3.05) is 7.11 Å². The minimum Gasteiger partial charge on any atom is -0.494 e. The quantitative estimate of drug-likeness (QED) is 0.664. The average molecular weight is 272 g/mol. The van der Waals surface area contributed by atoms with Gasteiger partial charge in [-0.2, -0.15) is 0 Å². The number of nitrogens with one attached hydrogen (secondary N) is 1. The molecule has 2 atom stereocenters. The first-order chi connectivity index (χ1) is 9.74. The van der Waals surface area contributed by atoms with Crippen LogP contribution in [0.4, 0.5) is 4.39 Å². The topological polar surface area (TPSA) is 47.3 Å². The van der Waals surface area contributed by atoms with Crippen molar-refractivity contribution < 1.29 is 9.13 Å². The van der Waals surface area contributed by atoms with E-state index in [1.54, 1.807) is 6.07 Å². The number of nitrogens with two attached hydrogens (primary N) is 1. The predicted octanol–water partition coefficient (Wildman–Crippen LogP) is 2.68. The molecule has 0 aromatic heterocycles. The number of hydrazine groups is 1. The molecule has 2 aromatic carbocycles. The molecule has 0 saturated carbocycles. The van der Waals surface area contributed by atoms with E-state index in [0.29, 0.717) is 0 Å². The van der Waals surface area contributed by atoms with Crippen LogP contribution in [0.5, 0.6) is 5.75 Å². The summed E-state index contributed by atoms with van der Waals surface area (Å²) < 4.78 is 18.8. The number of hydrogen-bond acceptors (Lipinski definition) is 3. The SMILES string of the molecule is COc1ccc(C(NN)C2Cc3ccccc32)cc1F. The van der Waals surface area contributed by atoms with Crippen molar-refractivity contribution >= 4 is 0 Å². The summed E-state index contributed by atoms with van der Waals surface area (Å²) in [6.45, 7) is 0. The molecular weight excluding hydrogens is 255 g/mol. The molecule has 104 valence electrons. The molecule has 0 aliphatic heterocycles. The van der Waals surface area contributed by atoms with E-state index in [2.05, 4.69) is 17.6 Å². The van der Waals surface area contributed by atoms with E-state index < -0.39 is 0 Å². The summed E-state index contributed by atoms with van der Waals surface area (Å²) in [5.74, 6) is 5.86. The molecule has 0 fully saturated rings. The van der Waals surface area contributed by atoms with Gasteiger partial charge in [-0.3, -0.25) is 11.3 Å². The van der Waals surface area contributed by atoms with Crippen LogP contribution in [0.1, 0.15) is 28.7 Å². The maximum absolute atomic E-state index is 13.8. The lowest BCUT2D eigenvalue weighted by atomic mass is 9.72. The third-order valence-corrected chi connectivity index (χ3v) is 4.01. The summed E-state index contributed by atoms with van der Waals surface area (Å²) in [5.41, 5.74) is 6.28. The van der Waals surface area contributed by atoms with Crippen LogP contribution in [0.2, 0.25) is 0 Å². The van der Waals surface area contributed by atoms with E-state index in [1.165, 1.54) is 24.3 Å². The fourth-order valence-corrected chi connectivity index (χ4v) is 2.92. The van der Waals surface area contributed by atoms with Gasteiger partial charge in [0.25, 0.3) is 0 Å². The molecule has 0 saturated heterocycles. The van der Waals surface area contributed by atoms with E-state index in [-0.39, 0.29) is 23.5 Å². The minimum absolute atomic E-state index is 0.0923. The Morgan fingerprint density at radius 1 is 1.30 bits per heavy atom. The molecule has 2 unspecified atom stereocenters. The van der Waals surface area contributed by atoms with E-state index >= 15 is 0 Å². The Kier molecular flexibility index (Phi) is 3.42. The number of hydrogen-bond donors (Lipinski definition) is 2. The van der Waals surface area contributed by atoms with Gasteiger partial charge in [0.15, 0.2) is 11.6 Å². The summed E-state index contributed by atoms with van der Waals surface area (Å²) >= 11 is 0. The van der Waals surface area contributed by atoms with Crippen molar-refractivity contribution in [3.05, 3.63) is 65.0 Å². The zero-order valence-electron chi connectivity index (χ0n) is 11.3. The summed E-state index contributed by atoms with van der Waals surface area (Å²) in [4.78, 5) is 0. The van der Waals surface area contributed by atoms with Crippen LogP contribution in [0.25, 0.3) is 0 Å². The van der Waals surface area contributed by atoms with Gasteiger partial charge in [-0.1, -0.05) is 30.3 Å². The molecule has 2 aromatic rings. The fourth-order valence-electron chi connectivity index (χ4n) is 2.92. The summed E-state index contributed by atoms with van der Waals surface area (Å²) in [5, 5.41) is 0. The maximum atomic E-state index is 13.8. The van der Waals surface area contributed by atoms with Crippen molar-refractivity contribution in [2.24, 2.45) is 5.84 Å². The van der Waals surface area contributed by atoms with Crippen molar-refractivity contribution in [1.82, 2.24) is 5.43 Å². The normalized spacial score (nSPS) is 18.1. The summed E-state index contributed by atoms with van der Waals surface area (Å²) in [6.07, 6.45) is 0.957. The number of halogens is 1. The Morgan fingerprint density at radius 3 is 2.75 bits per heavy atom. The molecular formula is C16H17FN2O. The van der Waals surface area contributed by atoms with Crippen LogP contribution in [0.15, 0.2) is 42.5 Å². The van der Waals surface area contributed by atoms with Crippen LogP contribution in [-0.4, -0.2) is 7.11 Å². The third kappa shape index (κ3) is 2.07. The molecule has 3 rings (SSSR count). The van der Waals surface area contributed by atoms with Gasteiger partial charge in [-0.25, -0.2) is 4.39 Å². The highest BCUT2D eigenvalue weighted by molar-refractivity contribution is 5.43. The van der Waals surface area contributed by atoms with Gasteiger partial charge in [0.2, 0.25) is 0 Å². The molecule has 4 heteroatoms. The fraction of sp³-hybridized carbons (Fsp3) is 0.250. The molecule has 0 bridgehead atoms. The molecule has 0 amide bonds. The lowest BCUT2D eigenvalue weighted by molar-refractivity contribution is 0.382. The molecule has 0 spiro atoms. The number of fused-ring (bicyclic) bond motifs is 1. The Labute approximate surface area is 117 Å². The van der Waals surface area contributed by atoms with Gasteiger partial charge in [-0.05, 0) is 35.2 Å². The van der Waals surface area contributed by atoms with Crippen LogP contribution in [0, 0.1) is 5.82 Å². The van der Waals surface area contributed by atoms with E-state index in [4.69, 9.17) is 10.6 Å². The van der Waals surface area contributed by atoms with Crippen LogP contribution >= 0.6 is 0 Å². The number of methoxy groups -OCH3 is 1. The van der Waals surface area contributed by atoms with Gasteiger partial charge in [-0.15, -0.1) is 0 Å². The lowest BCUT2D eigenvalue weighted by Gasteiger charge is -2.36. The van der Waals surface area contributed by atoms with Gasteiger partial charge in [0.1, 0.15) is 0 Å². The second-order valence-corrected chi connectivity index (χ2v) is 5.05. The zero-order chi connectivity index (χ0) is 14.1. The highest BCUT2D eigenvalue weighted by Gasteiger charge is 2.33. The van der Waals surface area contributed by atoms with Gasteiger partial charge >= 0.3 is 0 Å². The molecule has 3 N–H and O–H groups in total. The van der Waals surface area contributed by atoms with E-state index in [0.717, 1.165) is 12.0 Å². The van der Waals surface area contributed by atoms with Crippen molar-refractivity contribution in [3.8, 4) is 5.75 Å². The molecule has 1 aliphatic carbocycles. The first-order valence-corrected chi connectivity index (χ1v) is 6.62. The van der Waals surface area contributed by atoms with Crippen LogP contribution < -0.4 is 16.0 Å². The first-order valence-electron chi connectivity index (χ1n) is 6.62. The van der Waals surface area contributed by atoms with E-state index in [1.807, 2.05) is 18.2 Å². The maximum Gasteiger partial charge on any atom is 0.165 e. The Bertz CT molecular complexity index is 630. The zero-order valence-corrected chi connectivity index (χ0v) is 11.3. The first kappa shape index (κ1) is 13.1. The Morgan fingerprint density at radius 2 is 2.10 bits per heavy atom. The number of ether oxygens (including phenoxy) is 1. The van der Waals surface area contributed by atoms with Gasteiger partial charge < -0.3 is 4.74 Å². The summed E-state index contributed by atoms with van der Waals surface area (Å²) in [7, 11) is 1.46. The van der Waals surface area contributed by atoms with Gasteiger partial charge in [0.05, 0.1) is 13.2 Å². The van der Waals surface area contributed by atoms with Gasteiger partial charge in [0, 0.05) is 5.92 Å². The van der Waals surface area contributed by atoms with Crippen LogP contribution in [-0.2, 0) is 6.42 Å². The largest absolute Gasteiger partial charge is 0.494 e. The molecule has 1 aliphatic rings. The van der Waals surface area contributed by atoms with Crippen LogP contribution in [0.3, 0.4) is 0 Å². The smallest absolute Gasteiger partial charge is 0.165 e. The van der Waals surface area contributed by atoms with Crippen molar-refractivity contribution in [3.63, 3.8) is 0 Å². The molecule has 0 heterocycles. The second-order valence-electron chi connectivity index (χ2n) is 5.05. The predicted molar refractivity (Wildman–Crippen MR) is 75.9 cm³/mol. The highest BCUT2D eigenvalue weighted by Crippen LogP contribution is 2.43. The van der Waals surface area contributed by atoms with Crippen molar-refractivity contribution in [2.45, 2.75) is 18.4 Å². The molecule has 0 radical (unpaired) electrons. The highest BCUT2D eigenvalue weighted by atomic mass is 19.1. The van der Waals surface area contributed by atoms with Crippen molar-refractivity contribution in [1.29, 1.82) is 0 Å². The second kappa shape index (κ2) is 5.23. The molecule has 20 heavy (non-hydrogen) atoms. The van der Waals surface area contributed by atoms with E-state index in [9.17, 15) is 4.39 Å². The molecule has 3 nitrogen and oxygen atoms in total. The monoisotopic (exact) mass is 272 g/mol. The lowest BCUT2D eigenvalue weighted by Crippen LogP contribution is -2.37. The Balaban J connectivity index is 1.90. The minimum atomic E-state index is -0.363. The standard InChI is InChI=1S/C16H17FN2O/c1-20-15-7-6-11(9-14(15)17)16(19-18)13-8-10-4-2-3-5-12(10)13/h2-7,9,13,16,19H,8,18H2,1H3.